The number of benzene rings is 1. The summed E-state index contributed by atoms with van der Waals surface area (Å²) in [5, 5.41) is 2.58. The van der Waals surface area contributed by atoms with E-state index in [-0.39, 0.29) is 11.7 Å². The van der Waals surface area contributed by atoms with Gasteiger partial charge in [-0.2, -0.15) is 0 Å². The number of fused-ring (bicyclic) bond motifs is 2. The molecule has 0 amide bonds. The van der Waals surface area contributed by atoms with Crippen LogP contribution in [0.2, 0.25) is 0 Å². The summed E-state index contributed by atoms with van der Waals surface area (Å²) in [6.45, 7) is 0.467. The predicted molar refractivity (Wildman–Crippen MR) is 85.8 cm³/mol. The highest BCUT2D eigenvalue weighted by Crippen LogP contribution is 2.28. The van der Waals surface area contributed by atoms with E-state index in [1.165, 1.54) is 16.9 Å². The Bertz CT molecular complexity index is 913. The maximum Gasteiger partial charge on any atom is 0.263 e. The summed E-state index contributed by atoms with van der Waals surface area (Å²) >= 11 is 6.80. The molecule has 2 aromatic heterocycles. The van der Waals surface area contributed by atoms with Crippen LogP contribution in [-0.2, 0) is 13.0 Å². The van der Waals surface area contributed by atoms with E-state index < -0.39 is 0 Å². The quantitative estimate of drug-likeness (QED) is 0.739. The molecule has 0 radical (unpaired) electrons. The molecular weight excluding hydrogens is 304 g/mol. The van der Waals surface area contributed by atoms with E-state index in [0.29, 0.717) is 16.7 Å². The van der Waals surface area contributed by atoms with Crippen LogP contribution in [0.3, 0.4) is 0 Å². The highest BCUT2D eigenvalue weighted by atomic mass is 32.1. The minimum Gasteiger partial charge on any atom is -0.488 e. The van der Waals surface area contributed by atoms with Gasteiger partial charge in [0.25, 0.3) is 5.56 Å². The van der Waals surface area contributed by atoms with Crippen molar-refractivity contribution in [3.8, 4) is 5.75 Å². The lowest BCUT2D eigenvalue weighted by molar-refractivity contribution is 0.206. The Balaban J connectivity index is 1.70. The third-order valence-electron chi connectivity index (χ3n) is 3.71. The molecule has 0 saturated heterocycles. The monoisotopic (exact) mass is 316 g/mol. The molecule has 0 fully saturated rings. The number of ether oxygens (including phenoxy) is 1. The standard InChI is InChI=1S/C15H12N2O2S2/c18-14-11-5-6-21-13(11)16-15(20)17(14)8-10-7-9-3-1-2-4-12(9)19-10/h1-6,10H,7-8H2,(H,16,20). The fourth-order valence-corrected chi connectivity index (χ4v) is 3.80. The van der Waals surface area contributed by atoms with Gasteiger partial charge in [-0.15, -0.1) is 11.3 Å². The van der Waals surface area contributed by atoms with Crippen LogP contribution in [-0.4, -0.2) is 15.7 Å². The Morgan fingerprint density at radius 3 is 3.10 bits per heavy atom. The van der Waals surface area contributed by atoms with Gasteiger partial charge < -0.3 is 9.72 Å². The molecule has 106 valence electrons. The number of hydrogen-bond donors (Lipinski definition) is 1. The zero-order valence-corrected chi connectivity index (χ0v) is 12.7. The lowest BCUT2D eigenvalue weighted by Crippen LogP contribution is -2.30. The molecular formula is C15H12N2O2S2. The first-order chi connectivity index (χ1) is 10.2. The molecule has 4 rings (SSSR count). The van der Waals surface area contributed by atoms with Crippen LogP contribution in [0.1, 0.15) is 5.56 Å². The number of H-pyrrole nitrogens is 1. The van der Waals surface area contributed by atoms with E-state index in [4.69, 9.17) is 17.0 Å². The van der Waals surface area contributed by atoms with Crippen LogP contribution in [0, 0.1) is 4.77 Å². The van der Waals surface area contributed by atoms with Crippen molar-refractivity contribution in [2.75, 3.05) is 0 Å². The first kappa shape index (κ1) is 12.8. The van der Waals surface area contributed by atoms with Gasteiger partial charge >= 0.3 is 0 Å². The second kappa shape index (κ2) is 4.82. The molecule has 1 N–H and O–H groups in total. The number of rotatable bonds is 2. The molecule has 0 bridgehead atoms. The second-order valence-electron chi connectivity index (χ2n) is 5.06. The number of nitrogens with zero attached hydrogens (tertiary/aromatic N) is 1. The summed E-state index contributed by atoms with van der Waals surface area (Å²) in [5.41, 5.74) is 1.14. The Labute approximate surface area is 129 Å². The SMILES string of the molecule is O=c1c2ccsc2[nH]c(=S)n1CC1Cc2ccccc2O1. The van der Waals surface area contributed by atoms with Gasteiger partial charge in [-0.25, -0.2) is 0 Å². The normalized spacial score (nSPS) is 16.9. The van der Waals surface area contributed by atoms with Gasteiger partial charge in [0.15, 0.2) is 4.77 Å². The minimum absolute atomic E-state index is 0.0467. The van der Waals surface area contributed by atoms with Gasteiger partial charge in [-0.05, 0) is 35.3 Å². The Hall–Kier alpha value is -1.92. The topological polar surface area (TPSA) is 47.0 Å². The van der Waals surface area contributed by atoms with Crippen LogP contribution in [0.25, 0.3) is 10.2 Å². The third kappa shape index (κ3) is 2.11. The van der Waals surface area contributed by atoms with Crippen LogP contribution in [0.4, 0.5) is 0 Å². The van der Waals surface area contributed by atoms with Crippen molar-refractivity contribution >= 4 is 33.8 Å². The summed E-state index contributed by atoms with van der Waals surface area (Å²) in [4.78, 5) is 16.4. The van der Waals surface area contributed by atoms with Crippen molar-refractivity contribution in [2.45, 2.75) is 19.1 Å². The summed E-state index contributed by atoms with van der Waals surface area (Å²) in [6.07, 6.45) is 0.755. The molecule has 1 aliphatic heterocycles. The van der Waals surface area contributed by atoms with E-state index in [9.17, 15) is 4.79 Å². The smallest absolute Gasteiger partial charge is 0.263 e. The summed E-state index contributed by atoms with van der Waals surface area (Å²) < 4.78 is 7.95. The van der Waals surface area contributed by atoms with Crippen LogP contribution < -0.4 is 10.3 Å². The molecule has 0 spiro atoms. The second-order valence-corrected chi connectivity index (χ2v) is 6.36. The zero-order chi connectivity index (χ0) is 14.4. The average Bonchev–Trinajstić information content (AvgIpc) is 3.09. The lowest BCUT2D eigenvalue weighted by Gasteiger charge is -2.13. The molecule has 4 nitrogen and oxygen atoms in total. The molecule has 1 aromatic carbocycles. The van der Waals surface area contributed by atoms with Crippen LogP contribution >= 0.6 is 23.6 Å². The molecule has 0 aliphatic carbocycles. The number of para-hydroxylation sites is 1. The number of hydrogen-bond acceptors (Lipinski definition) is 4. The number of nitrogens with one attached hydrogen (secondary N) is 1. The number of thiophene rings is 1. The van der Waals surface area contributed by atoms with Crippen molar-refractivity contribution in [3.05, 3.63) is 56.4 Å². The van der Waals surface area contributed by atoms with Gasteiger partial charge in [0.1, 0.15) is 16.7 Å². The molecule has 1 atom stereocenters. The van der Waals surface area contributed by atoms with Gasteiger partial charge in [0.05, 0.1) is 11.9 Å². The van der Waals surface area contributed by atoms with Crippen molar-refractivity contribution < 1.29 is 4.74 Å². The first-order valence-electron chi connectivity index (χ1n) is 6.67. The van der Waals surface area contributed by atoms with Crippen molar-refractivity contribution in [1.29, 1.82) is 0 Å². The summed E-state index contributed by atoms with van der Waals surface area (Å²) in [6, 6.07) is 9.80. The van der Waals surface area contributed by atoms with E-state index in [0.717, 1.165) is 17.0 Å². The number of aromatic nitrogens is 2. The summed E-state index contributed by atoms with van der Waals surface area (Å²) in [5.74, 6) is 0.905. The molecule has 3 heterocycles. The van der Waals surface area contributed by atoms with Gasteiger partial charge in [-0.3, -0.25) is 9.36 Å². The van der Waals surface area contributed by atoms with Crippen LogP contribution in [0.15, 0.2) is 40.5 Å². The Morgan fingerprint density at radius 1 is 1.38 bits per heavy atom. The zero-order valence-electron chi connectivity index (χ0n) is 11.0. The molecule has 1 unspecified atom stereocenters. The molecule has 6 heteroatoms. The molecule has 1 aliphatic rings. The average molecular weight is 316 g/mol. The van der Waals surface area contributed by atoms with E-state index in [1.54, 1.807) is 4.57 Å². The van der Waals surface area contributed by atoms with E-state index in [2.05, 4.69) is 11.1 Å². The maximum atomic E-state index is 12.5. The maximum absolute atomic E-state index is 12.5. The van der Waals surface area contributed by atoms with E-state index >= 15 is 0 Å². The van der Waals surface area contributed by atoms with Gasteiger partial charge in [-0.1, -0.05) is 18.2 Å². The predicted octanol–water partition coefficient (Wildman–Crippen LogP) is 3.12. The fourth-order valence-electron chi connectivity index (χ4n) is 2.70. The molecule has 21 heavy (non-hydrogen) atoms. The molecule has 3 aromatic rings. The Morgan fingerprint density at radius 2 is 2.24 bits per heavy atom. The van der Waals surface area contributed by atoms with Crippen molar-refractivity contribution in [3.63, 3.8) is 0 Å². The molecule has 0 saturated carbocycles. The van der Waals surface area contributed by atoms with Crippen molar-refractivity contribution in [1.82, 2.24) is 9.55 Å². The highest BCUT2D eigenvalue weighted by molar-refractivity contribution is 7.71. The minimum atomic E-state index is -0.0497. The number of aromatic amines is 1. The largest absolute Gasteiger partial charge is 0.488 e. The first-order valence-corrected chi connectivity index (χ1v) is 7.96. The highest BCUT2D eigenvalue weighted by Gasteiger charge is 2.23. The van der Waals surface area contributed by atoms with E-state index in [1.807, 2.05) is 29.6 Å². The lowest BCUT2D eigenvalue weighted by atomic mass is 10.1. The van der Waals surface area contributed by atoms with Crippen LogP contribution in [0.5, 0.6) is 5.75 Å². The third-order valence-corrected chi connectivity index (χ3v) is 4.86. The summed E-state index contributed by atoms with van der Waals surface area (Å²) in [7, 11) is 0. The van der Waals surface area contributed by atoms with Crippen molar-refractivity contribution in [2.24, 2.45) is 0 Å². The van der Waals surface area contributed by atoms with Gasteiger partial charge in [0, 0.05) is 6.42 Å². The fraction of sp³-hybridized carbons (Fsp3) is 0.200. The Kier molecular flexibility index (Phi) is 2.94. The van der Waals surface area contributed by atoms with Gasteiger partial charge in [0.2, 0.25) is 0 Å².